The van der Waals surface area contributed by atoms with Gasteiger partial charge in [0.2, 0.25) is 0 Å². The average molecular weight is 405 g/mol. The van der Waals surface area contributed by atoms with Gasteiger partial charge in [-0.3, -0.25) is 9.69 Å². The van der Waals surface area contributed by atoms with Crippen molar-refractivity contribution in [1.82, 2.24) is 10.2 Å². The molecule has 1 fully saturated rings. The lowest BCUT2D eigenvalue weighted by Gasteiger charge is -2.34. The van der Waals surface area contributed by atoms with Gasteiger partial charge in [0.15, 0.2) is 0 Å². The van der Waals surface area contributed by atoms with Crippen LogP contribution in [-0.4, -0.2) is 50.3 Å². The number of carbonyl (C=O) groups is 1. The van der Waals surface area contributed by atoms with Crippen LogP contribution in [0.2, 0.25) is 5.02 Å². The quantitative estimate of drug-likeness (QED) is 0.830. The molecule has 2 aliphatic heterocycles. The van der Waals surface area contributed by atoms with Gasteiger partial charge in [-0.05, 0) is 35.7 Å². The van der Waals surface area contributed by atoms with Gasteiger partial charge in [-0.15, -0.1) is 11.3 Å². The Morgan fingerprint density at radius 3 is 2.93 bits per heavy atom. The molecular weight excluding hydrogens is 384 g/mol. The number of thiophene rings is 1. The predicted octanol–water partition coefficient (Wildman–Crippen LogP) is 3.37. The van der Waals surface area contributed by atoms with E-state index in [9.17, 15) is 4.79 Å². The molecule has 0 aliphatic carbocycles. The number of fused-ring (bicyclic) bond motifs is 1. The average Bonchev–Trinajstić information content (AvgIpc) is 3.22. The lowest BCUT2D eigenvalue weighted by atomic mass is 10.1. The van der Waals surface area contributed by atoms with E-state index >= 15 is 0 Å². The van der Waals surface area contributed by atoms with Crippen molar-refractivity contribution in [3.8, 4) is 5.75 Å². The Bertz CT molecular complexity index is 832. The largest absolute Gasteiger partial charge is 0.488 e. The molecule has 2 aromatic rings. The van der Waals surface area contributed by atoms with Crippen molar-refractivity contribution in [2.45, 2.75) is 6.04 Å². The number of benzene rings is 1. The standard InChI is InChI=1S/C20H21ClN2O3S/c21-16-3-4-18-14(11-16)10-15(13-26-18)20(24)22-12-17(19-2-1-9-27-19)23-5-7-25-8-6-23/h1-4,9-11,17H,5-8,12-13H2,(H,22,24). The Morgan fingerprint density at radius 1 is 1.30 bits per heavy atom. The van der Waals surface area contributed by atoms with Crippen LogP contribution in [0.3, 0.4) is 0 Å². The van der Waals surface area contributed by atoms with Gasteiger partial charge in [-0.2, -0.15) is 0 Å². The van der Waals surface area contributed by atoms with E-state index < -0.39 is 0 Å². The third kappa shape index (κ3) is 4.35. The van der Waals surface area contributed by atoms with Crippen LogP contribution < -0.4 is 10.1 Å². The van der Waals surface area contributed by atoms with Crippen LogP contribution in [0, 0.1) is 0 Å². The van der Waals surface area contributed by atoms with E-state index in [0.717, 1.165) is 37.6 Å². The summed E-state index contributed by atoms with van der Waals surface area (Å²) in [7, 11) is 0. The van der Waals surface area contributed by atoms with Crippen LogP contribution in [0.15, 0.2) is 41.3 Å². The number of nitrogens with one attached hydrogen (secondary N) is 1. The summed E-state index contributed by atoms with van der Waals surface area (Å²) in [5.41, 5.74) is 1.44. The molecule has 1 saturated heterocycles. The number of morpholine rings is 1. The van der Waals surface area contributed by atoms with Crippen LogP contribution in [0.5, 0.6) is 5.75 Å². The Morgan fingerprint density at radius 2 is 2.15 bits per heavy atom. The zero-order chi connectivity index (χ0) is 18.6. The van der Waals surface area contributed by atoms with E-state index in [4.69, 9.17) is 21.1 Å². The van der Waals surface area contributed by atoms with Crippen LogP contribution >= 0.6 is 22.9 Å². The van der Waals surface area contributed by atoms with Crippen molar-refractivity contribution < 1.29 is 14.3 Å². The molecule has 1 aromatic carbocycles. The Kier molecular flexibility index (Phi) is 5.78. The van der Waals surface area contributed by atoms with Crippen LogP contribution in [0.1, 0.15) is 16.5 Å². The summed E-state index contributed by atoms with van der Waals surface area (Å²) in [5, 5.41) is 5.78. The molecule has 2 aliphatic rings. The van der Waals surface area contributed by atoms with Gasteiger partial charge in [0.25, 0.3) is 5.91 Å². The molecule has 1 aromatic heterocycles. The first-order valence-corrected chi connectivity index (χ1v) is 10.2. The molecular formula is C20H21ClN2O3S. The lowest BCUT2D eigenvalue weighted by Crippen LogP contribution is -2.44. The molecule has 1 unspecified atom stereocenters. The number of carbonyl (C=O) groups excluding carboxylic acids is 1. The summed E-state index contributed by atoms with van der Waals surface area (Å²) >= 11 is 7.77. The second-order valence-electron chi connectivity index (χ2n) is 6.53. The van der Waals surface area contributed by atoms with Crippen molar-refractivity contribution in [2.75, 3.05) is 39.5 Å². The minimum atomic E-state index is -0.101. The molecule has 0 radical (unpaired) electrons. The van der Waals surface area contributed by atoms with E-state index in [2.05, 4.69) is 21.7 Å². The van der Waals surface area contributed by atoms with Gasteiger partial charge in [0.1, 0.15) is 12.4 Å². The van der Waals surface area contributed by atoms with Crippen molar-refractivity contribution >= 4 is 34.9 Å². The second kappa shape index (κ2) is 8.44. The number of nitrogens with zero attached hydrogens (tertiary/aromatic N) is 1. The first-order valence-electron chi connectivity index (χ1n) is 8.97. The summed E-state index contributed by atoms with van der Waals surface area (Å²) in [6.07, 6.45) is 1.86. The fourth-order valence-electron chi connectivity index (χ4n) is 3.36. The van der Waals surface area contributed by atoms with E-state index in [0.29, 0.717) is 17.1 Å². The third-order valence-electron chi connectivity index (χ3n) is 4.79. The van der Waals surface area contributed by atoms with E-state index in [1.54, 1.807) is 17.4 Å². The maximum Gasteiger partial charge on any atom is 0.250 e. The Labute approximate surface area is 167 Å². The minimum absolute atomic E-state index is 0.101. The fourth-order valence-corrected chi connectivity index (χ4v) is 4.40. The van der Waals surface area contributed by atoms with Crippen LogP contribution in [0.4, 0.5) is 0 Å². The van der Waals surface area contributed by atoms with Crippen molar-refractivity contribution in [1.29, 1.82) is 0 Å². The highest BCUT2D eigenvalue weighted by Crippen LogP contribution is 2.29. The highest BCUT2D eigenvalue weighted by atomic mass is 35.5. The maximum atomic E-state index is 12.7. The lowest BCUT2D eigenvalue weighted by molar-refractivity contribution is -0.118. The summed E-state index contributed by atoms with van der Waals surface area (Å²) in [5.74, 6) is 0.649. The Balaban J connectivity index is 1.45. The molecule has 1 atom stereocenters. The molecule has 4 rings (SSSR count). The topological polar surface area (TPSA) is 50.8 Å². The second-order valence-corrected chi connectivity index (χ2v) is 7.95. The van der Waals surface area contributed by atoms with Crippen LogP contribution in [-0.2, 0) is 9.53 Å². The minimum Gasteiger partial charge on any atom is -0.488 e. The smallest absolute Gasteiger partial charge is 0.250 e. The molecule has 1 amide bonds. The molecule has 5 nitrogen and oxygen atoms in total. The molecule has 0 spiro atoms. The summed E-state index contributed by atoms with van der Waals surface area (Å²) in [6.45, 7) is 4.02. The highest BCUT2D eigenvalue weighted by molar-refractivity contribution is 7.10. The van der Waals surface area contributed by atoms with Gasteiger partial charge in [0, 0.05) is 35.1 Å². The van der Waals surface area contributed by atoms with Crippen molar-refractivity contribution in [3.63, 3.8) is 0 Å². The fraction of sp³-hybridized carbons (Fsp3) is 0.350. The number of hydrogen-bond donors (Lipinski definition) is 1. The summed E-state index contributed by atoms with van der Waals surface area (Å²) in [6, 6.07) is 9.75. The third-order valence-corrected chi connectivity index (χ3v) is 6.00. The predicted molar refractivity (Wildman–Crippen MR) is 107 cm³/mol. The molecule has 27 heavy (non-hydrogen) atoms. The molecule has 7 heteroatoms. The number of amides is 1. The van der Waals surface area contributed by atoms with Crippen molar-refractivity contribution in [3.05, 3.63) is 56.7 Å². The summed E-state index contributed by atoms with van der Waals surface area (Å²) in [4.78, 5) is 16.3. The molecule has 0 bridgehead atoms. The zero-order valence-electron chi connectivity index (χ0n) is 14.8. The monoisotopic (exact) mass is 404 g/mol. The first kappa shape index (κ1) is 18.5. The van der Waals surface area contributed by atoms with Gasteiger partial charge >= 0.3 is 0 Å². The zero-order valence-corrected chi connectivity index (χ0v) is 16.4. The van der Waals surface area contributed by atoms with Crippen LogP contribution in [0.25, 0.3) is 6.08 Å². The number of hydrogen-bond acceptors (Lipinski definition) is 5. The highest BCUT2D eigenvalue weighted by Gasteiger charge is 2.25. The molecule has 0 saturated carbocycles. The Hall–Kier alpha value is -1.86. The van der Waals surface area contributed by atoms with Gasteiger partial charge in [-0.25, -0.2) is 0 Å². The first-order chi connectivity index (χ1) is 13.2. The number of rotatable bonds is 5. The van der Waals surface area contributed by atoms with Gasteiger partial charge in [0.05, 0.1) is 24.8 Å². The normalized spacial score (nSPS) is 18.2. The van der Waals surface area contributed by atoms with Gasteiger partial charge < -0.3 is 14.8 Å². The van der Waals surface area contributed by atoms with E-state index in [1.807, 2.05) is 24.3 Å². The van der Waals surface area contributed by atoms with Gasteiger partial charge in [-0.1, -0.05) is 17.7 Å². The molecule has 3 heterocycles. The number of halogens is 1. The SMILES string of the molecule is O=C(NCC(c1cccs1)N1CCOCC1)C1=Cc2cc(Cl)ccc2OC1. The molecule has 1 N–H and O–H groups in total. The molecule has 142 valence electrons. The summed E-state index contributed by atoms with van der Waals surface area (Å²) < 4.78 is 11.2. The van der Waals surface area contributed by atoms with E-state index in [1.165, 1.54) is 4.88 Å². The van der Waals surface area contributed by atoms with Crippen molar-refractivity contribution in [2.24, 2.45) is 0 Å². The maximum absolute atomic E-state index is 12.7. The van der Waals surface area contributed by atoms with E-state index in [-0.39, 0.29) is 18.6 Å². The number of ether oxygens (including phenoxy) is 2.